The highest BCUT2D eigenvalue weighted by Gasteiger charge is 2.19. The zero-order valence-corrected chi connectivity index (χ0v) is 18.4. The summed E-state index contributed by atoms with van der Waals surface area (Å²) < 4.78 is 1.92. The number of benzene rings is 1. The topological polar surface area (TPSA) is 59.8 Å². The van der Waals surface area contributed by atoms with E-state index < -0.39 is 0 Å². The summed E-state index contributed by atoms with van der Waals surface area (Å²) in [6.07, 6.45) is 8.53. The van der Waals surface area contributed by atoms with Gasteiger partial charge in [-0.25, -0.2) is 9.67 Å². The van der Waals surface area contributed by atoms with Gasteiger partial charge in [-0.2, -0.15) is 5.10 Å². The van der Waals surface area contributed by atoms with Gasteiger partial charge in [0.2, 0.25) is 5.91 Å². The Morgan fingerprint density at radius 1 is 1.03 bits per heavy atom. The van der Waals surface area contributed by atoms with Gasteiger partial charge in [0.05, 0.1) is 11.4 Å². The average Bonchev–Trinajstić information content (AvgIpc) is 2.89. The molecule has 1 fully saturated rings. The zero-order valence-electron chi connectivity index (χ0n) is 18.4. The highest BCUT2D eigenvalue weighted by molar-refractivity contribution is 5.85. The van der Waals surface area contributed by atoms with E-state index >= 15 is 0 Å². The van der Waals surface area contributed by atoms with Gasteiger partial charge in [-0.3, -0.25) is 4.79 Å². The third kappa shape index (κ3) is 4.25. The van der Waals surface area contributed by atoms with Crippen molar-refractivity contribution in [3.05, 3.63) is 52.8 Å². The predicted octanol–water partition coefficient (Wildman–Crippen LogP) is 5.12. The van der Waals surface area contributed by atoms with Crippen LogP contribution in [0.4, 0.5) is 0 Å². The number of rotatable bonds is 5. The number of nitrogens with one attached hydrogen (secondary N) is 1. The first-order chi connectivity index (χ1) is 14.5. The molecule has 0 atom stereocenters. The molecule has 0 spiro atoms. The number of pyridine rings is 1. The van der Waals surface area contributed by atoms with Gasteiger partial charge in [0.15, 0.2) is 5.65 Å². The molecule has 5 nitrogen and oxygen atoms in total. The Kier molecular flexibility index (Phi) is 6.16. The molecule has 0 bridgehead atoms. The summed E-state index contributed by atoms with van der Waals surface area (Å²) in [6, 6.07) is 10.5. The zero-order chi connectivity index (χ0) is 21.1. The smallest absolute Gasteiger partial charge is 0.220 e. The number of para-hydroxylation sites is 1. The minimum atomic E-state index is 0.164. The molecule has 30 heavy (non-hydrogen) atoms. The first-order valence-electron chi connectivity index (χ1n) is 11.2. The number of hydrogen-bond acceptors (Lipinski definition) is 3. The largest absolute Gasteiger partial charge is 0.353 e. The van der Waals surface area contributed by atoms with Crippen LogP contribution in [-0.4, -0.2) is 26.7 Å². The fourth-order valence-corrected chi connectivity index (χ4v) is 4.79. The molecule has 1 aliphatic rings. The molecule has 2 aromatic heterocycles. The van der Waals surface area contributed by atoms with Crippen LogP contribution in [0.3, 0.4) is 0 Å². The SMILES string of the molecule is Cc1nc2c(c(C)nn2-c2ccccc2)c(C)c1CCC(=O)NC1CCCCCC1. The maximum absolute atomic E-state index is 12.6. The molecule has 5 heteroatoms. The third-order valence-corrected chi connectivity index (χ3v) is 6.40. The van der Waals surface area contributed by atoms with Crippen LogP contribution in [0.5, 0.6) is 0 Å². The van der Waals surface area contributed by atoms with E-state index in [0.717, 1.165) is 47.4 Å². The standard InChI is InChI=1S/C25H32N4O/c1-17-22(15-16-23(30)27-20-11-7-4-5-8-12-20)18(2)26-25-24(17)19(3)28-29(25)21-13-9-6-10-14-21/h6,9-10,13-14,20H,4-5,7-8,11-12,15-16H2,1-3H3,(H,27,30). The lowest BCUT2D eigenvalue weighted by Gasteiger charge is -2.17. The minimum absolute atomic E-state index is 0.164. The van der Waals surface area contributed by atoms with Crippen LogP contribution in [0, 0.1) is 20.8 Å². The predicted molar refractivity (Wildman–Crippen MR) is 121 cm³/mol. The monoisotopic (exact) mass is 404 g/mol. The molecule has 158 valence electrons. The quantitative estimate of drug-likeness (QED) is 0.601. The third-order valence-electron chi connectivity index (χ3n) is 6.40. The van der Waals surface area contributed by atoms with Gasteiger partial charge in [0.25, 0.3) is 0 Å². The second-order valence-electron chi connectivity index (χ2n) is 8.59. The summed E-state index contributed by atoms with van der Waals surface area (Å²) >= 11 is 0. The molecule has 1 aliphatic carbocycles. The Morgan fingerprint density at radius 3 is 2.43 bits per heavy atom. The maximum Gasteiger partial charge on any atom is 0.220 e. The fourth-order valence-electron chi connectivity index (χ4n) is 4.79. The molecule has 0 aliphatic heterocycles. The first-order valence-corrected chi connectivity index (χ1v) is 11.2. The van der Waals surface area contributed by atoms with Gasteiger partial charge in [0.1, 0.15) is 0 Å². The summed E-state index contributed by atoms with van der Waals surface area (Å²) in [7, 11) is 0. The normalized spacial score (nSPS) is 15.3. The van der Waals surface area contributed by atoms with Crippen molar-refractivity contribution in [3.63, 3.8) is 0 Å². The molecule has 0 unspecified atom stereocenters. The number of hydrogen-bond donors (Lipinski definition) is 1. The molecule has 1 aromatic carbocycles. The van der Waals surface area contributed by atoms with Crippen LogP contribution in [0.1, 0.15) is 67.5 Å². The summed E-state index contributed by atoms with van der Waals surface area (Å²) in [4.78, 5) is 17.5. The highest BCUT2D eigenvalue weighted by atomic mass is 16.1. The first kappa shape index (κ1) is 20.6. The van der Waals surface area contributed by atoms with Crippen molar-refractivity contribution >= 4 is 16.9 Å². The van der Waals surface area contributed by atoms with E-state index in [0.29, 0.717) is 12.5 Å². The van der Waals surface area contributed by atoms with E-state index in [4.69, 9.17) is 10.1 Å². The molecule has 1 amide bonds. The Morgan fingerprint density at radius 2 is 1.73 bits per heavy atom. The van der Waals surface area contributed by atoms with Crippen molar-refractivity contribution in [1.82, 2.24) is 20.1 Å². The lowest BCUT2D eigenvalue weighted by Crippen LogP contribution is -2.34. The highest BCUT2D eigenvalue weighted by Crippen LogP contribution is 2.28. The molecule has 0 radical (unpaired) electrons. The molecular formula is C25H32N4O. The van der Waals surface area contributed by atoms with Crippen molar-refractivity contribution in [2.75, 3.05) is 0 Å². The summed E-state index contributed by atoms with van der Waals surface area (Å²) in [5.41, 5.74) is 6.23. The van der Waals surface area contributed by atoms with Crippen LogP contribution in [0.25, 0.3) is 16.7 Å². The van der Waals surface area contributed by atoms with E-state index in [1.165, 1.54) is 36.8 Å². The van der Waals surface area contributed by atoms with Gasteiger partial charge in [0, 0.05) is 23.5 Å². The van der Waals surface area contributed by atoms with Crippen molar-refractivity contribution in [2.24, 2.45) is 0 Å². The molecule has 1 saturated carbocycles. The number of amides is 1. The Balaban J connectivity index is 1.55. The van der Waals surface area contributed by atoms with Crippen molar-refractivity contribution in [2.45, 2.75) is 78.2 Å². The van der Waals surface area contributed by atoms with Gasteiger partial charge >= 0.3 is 0 Å². The lowest BCUT2D eigenvalue weighted by molar-refractivity contribution is -0.121. The van der Waals surface area contributed by atoms with Crippen LogP contribution in [-0.2, 0) is 11.2 Å². The van der Waals surface area contributed by atoms with E-state index in [9.17, 15) is 4.79 Å². The second kappa shape index (κ2) is 8.99. The van der Waals surface area contributed by atoms with Gasteiger partial charge in [-0.05, 0) is 63.3 Å². The lowest BCUT2D eigenvalue weighted by atomic mass is 9.99. The van der Waals surface area contributed by atoms with Crippen LogP contribution >= 0.6 is 0 Å². The summed E-state index contributed by atoms with van der Waals surface area (Å²) in [6.45, 7) is 6.22. The number of aryl methyl sites for hydroxylation is 3. The van der Waals surface area contributed by atoms with E-state index in [1.54, 1.807) is 0 Å². The number of carbonyl (C=O) groups excluding carboxylic acids is 1. The molecule has 1 N–H and O–H groups in total. The van der Waals surface area contributed by atoms with Crippen LogP contribution < -0.4 is 5.32 Å². The number of fused-ring (bicyclic) bond motifs is 1. The number of nitrogens with zero attached hydrogens (tertiary/aromatic N) is 3. The average molecular weight is 405 g/mol. The van der Waals surface area contributed by atoms with Crippen molar-refractivity contribution in [1.29, 1.82) is 0 Å². The minimum Gasteiger partial charge on any atom is -0.353 e. The Hall–Kier alpha value is -2.69. The Bertz CT molecular complexity index is 1030. The summed E-state index contributed by atoms with van der Waals surface area (Å²) in [5, 5.41) is 9.13. The molecule has 0 saturated heterocycles. The molecule has 3 aromatic rings. The van der Waals surface area contributed by atoms with Gasteiger partial charge in [-0.1, -0.05) is 43.9 Å². The number of carbonyl (C=O) groups is 1. The van der Waals surface area contributed by atoms with Crippen molar-refractivity contribution < 1.29 is 4.79 Å². The molecule has 4 rings (SSSR count). The summed E-state index contributed by atoms with van der Waals surface area (Å²) in [5.74, 6) is 0.164. The Labute approximate surface area is 178 Å². The van der Waals surface area contributed by atoms with Crippen LogP contribution in [0.15, 0.2) is 30.3 Å². The van der Waals surface area contributed by atoms with Crippen molar-refractivity contribution in [3.8, 4) is 5.69 Å². The van der Waals surface area contributed by atoms with Crippen LogP contribution in [0.2, 0.25) is 0 Å². The van der Waals surface area contributed by atoms with E-state index in [2.05, 4.69) is 12.2 Å². The van der Waals surface area contributed by atoms with E-state index in [1.807, 2.05) is 48.9 Å². The fraction of sp³-hybridized carbons (Fsp3) is 0.480. The maximum atomic E-state index is 12.6. The number of aromatic nitrogens is 3. The van der Waals surface area contributed by atoms with Gasteiger partial charge in [-0.15, -0.1) is 0 Å². The van der Waals surface area contributed by atoms with Gasteiger partial charge < -0.3 is 5.32 Å². The van der Waals surface area contributed by atoms with E-state index in [-0.39, 0.29) is 5.91 Å². The second-order valence-corrected chi connectivity index (χ2v) is 8.59. The molecule has 2 heterocycles. The molecular weight excluding hydrogens is 372 g/mol.